The first-order valence-corrected chi connectivity index (χ1v) is 6.88. The molecule has 0 bridgehead atoms. The van der Waals surface area contributed by atoms with Gasteiger partial charge < -0.3 is 9.47 Å². The van der Waals surface area contributed by atoms with Gasteiger partial charge in [-0.25, -0.2) is 4.79 Å². The number of rotatable bonds is 5. The van der Waals surface area contributed by atoms with Crippen LogP contribution in [0.25, 0.3) is 0 Å². The molecule has 5 heteroatoms. The van der Waals surface area contributed by atoms with E-state index in [9.17, 15) is 9.59 Å². The normalized spacial score (nSPS) is 26.3. The van der Waals surface area contributed by atoms with Crippen LogP contribution in [0.4, 0.5) is 0 Å². The van der Waals surface area contributed by atoms with E-state index in [0.717, 1.165) is 22.7 Å². The quantitative estimate of drug-likeness (QED) is 0.380. The molecule has 0 saturated carbocycles. The minimum Gasteiger partial charge on any atom is -0.391 e. The Hall–Kier alpha value is -0.683. The average Bonchev–Trinajstić information content (AvgIpc) is 2.39. The molecule has 0 aromatic heterocycles. The summed E-state index contributed by atoms with van der Waals surface area (Å²) < 4.78 is 10.0. The maximum Gasteiger partial charge on any atom is 0.343 e. The number of carbonyl (C=O) groups is 2. The van der Waals surface area contributed by atoms with Gasteiger partial charge in [0.15, 0.2) is 6.10 Å². The zero-order chi connectivity index (χ0) is 11.4. The van der Waals surface area contributed by atoms with Crippen molar-refractivity contribution in [2.75, 3.05) is 0 Å². The van der Waals surface area contributed by atoms with Crippen molar-refractivity contribution in [3.8, 4) is 0 Å². The molecule has 0 aromatic rings. The number of hydrogen-bond acceptors (Lipinski definition) is 4. The number of esters is 2. The molecule has 86 valence electrons. The molecule has 0 N–H and O–H groups in total. The highest BCUT2D eigenvalue weighted by Crippen LogP contribution is 2.25. The predicted octanol–water partition coefficient (Wildman–Crippen LogP) is 0.0435. The predicted molar refractivity (Wildman–Crippen MR) is 58.6 cm³/mol. The molecule has 1 aliphatic heterocycles. The van der Waals surface area contributed by atoms with E-state index in [4.69, 9.17) is 4.74 Å². The smallest absolute Gasteiger partial charge is 0.343 e. The molecule has 1 saturated heterocycles. The van der Waals surface area contributed by atoms with Crippen LogP contribution in [-0.4, -0.2) is 34.4 Å². The molecule has 2 unspecified atom stereocenters. The lowest BCUT2D eigenvalue weighted by molar-refractivity contribution is -0.156. The Kier molecular flexibility index (Phi) is 4.47. The standard InChI is InChI=1S/C10H18O4Si/c1-6(2)13-8-7(4-3-5-15)9(11)14-10(8)12/h6-8H,3-5H2,1-2,15H3. The van der Waals surface area contributed by atoms with Crippen molar-refractivity contribution < 1.29 is 19.1 Å². The van der Waals surface area contributed by atoms with E-state index in [1.165, 1.54) is 0 Å². The third-order valence-corrected chi connectivity index (χ3v) is 3.10. The van der Waals surface area contributed by atoms with Crippen LogP contribution in [-0.2, 0) is 19.1 Å². The molecule has 0 radical (unpaired) electrons. The molecule has 0 spiro atoms. The minimum absolute atomic E-state index is 0.0630. The van der Waals surface area contributed by atoms with Crippen LogP contribution in [0.3, 0.4) is 0 Å². The lowest BCUT2D eigenvalue weighted by atomic mass is 9.99. The molecular formula is C10H18O4Si. The van der Waals surface area contributed by atoms with E-state index in [0.29, 0.717) is 6.42 Å². The molecule has 4 nitrogen and oxygen atoms in total. The molecule has 1 fully saturated rings. The van der Waals surface area contributed by atoms with Crippen LogP contribution in [0.15, 0.2) is 0 Å². The summed E-state index contributed by atoms with van der Waals surface area (Å²) in [6, 6.07) is 1.13. The number of hydrogen-bond donors (Lipinski definition) is 0. The van der Waals surface area contributed by atoms with Crippen molar-refractivity contribution in [1.29, 1.82) is 0 Å². The first-order chi connectivity index (χ1) is 7.06. The van der Waals surface area contributed by atoms with Crippen LogP contribution in [0.5, 0.6) is 0 Å². The second-order valence-electron chi connectivity index (χ2n) is 4.09. The van der Waals surface area contributed by atoms with Crippen LogP contribution in [0, 0.1) is 5.92 Å². The Bertz CT molecular complexity index is 252. The van der Waals surface area contributed by atoms with Gasteiger partial charge in [0.1, 0.15) is 0 Å². The third kappa shape index (κ3) is 3.14. The second-order valence-corrected chi connectivity index (χ2v) is 5.09. The fraction of sp³-hybridized carbons (Fsp3) is 0.800. The highest BCUT2D eigenvalue weighted by Gasteiger charge is 2.44. The van der Waals surface area contributed by atoms with E-state index in [1.54, 1.807) is 0 Å². The Balaban J connectivity index is 2.62. The average molecular weight is 230 g/mol. The Morgan fingerprint density at radius 3 is 2.60 bits per heavy atom. The number of ether oxygens (including phenoxy) is 2. The molecular weight excluding hydrogens is 212 g/mol. The minimum atomic E-state index is -0.675. The SMILES string of the molecule is CC(C)OC1C(=O)OC(=O)C1CCC[SiH3]. The zero-order valence-electron chi connectivity index (χ0n) is 9.49. The lowest BCUT2D eigenvalue weighted by Crippen LogP contribution is -2.29. The monoisotopic (exact) mass is 230 g/mol. The Labute approximate surface area is 92.7 Å². The molecule has 0 amide bonds. The van der Waals surface area contributed by atoms with Gasteiger partial charge in [-0.15, -0.1) is 0 Å². The van der Waals surface area contributed by atoms with Crippen molar-refractivity contribution in [2.24, 2.45) is 5.92 Å². The van der Waals surface area contributed by atoms with Crippen LogP contribution < -0.4 is 0 Å². The van der Waals surface area contributed by atoms with Gasteiger partial charge in [0.05, 0.1) is 12.0 Å². The van der Waals surface area contributed by atoms with Crippen molar-refractivity contribution in [1.82, 2.24) is 0 Å². The van der Waals surface area contributed by atoms with Crippen molar-refractivity contribution in [3.05, 3.63) is 0 Å². The number of carbonyl (C=O) groups excluding carboxylic acids is 2. The molecule has 1 aliphatic rings. The van der Waals surface area contributed by atoms with E-state index < -0.39 is 18.0 Å². The van der Waals surface area contributed by atoms with Crippen molar-refractivity contribution in [3.63, 3.8) is 0 Å². The lowest BCUT2D eigenvalue weighted by Gasteiger charge is -2.16. The summed E-state index contributed by atoms with van der Waals surface area (Å²) in [7, 11) is 1.12. The van der Waals surface area contributed by atoms with Crippen LogP contribution in [0.2, 0.25) is 6.04 Å². The van der Waals surface area contributed by atoms with E-state index in [2.05, 4.69) is 4.74 Å². The summed E-state index contributed by atoms with van der Waals surface area (Å²) >= 11 is 0. The maximum atomic E-state index is 11.4. The summed E-state index contributed by atoms with van der Waals surface area (Å²) in [5.74, 6) is -1.32. The van der Waals surface area contributed by atoms with Crippen LogP contribution in [0.1, 0.15) is 26.7 Å². The molecule has 0 aromatic carbocycles. The highest BCUT2D eigenvalue weighted by atomic mass is 28.1. The van der Waals surface area contributed by atoms with Gasteiger partial charge in [0.2, 0.25) is 0 Å². The Morgan fingerprint density at radius 2 is 2.07 bits per heavy atom. The molecule has 0 aliphatic carbocycles. The van der Waals surface area contributed by atoms with E-state index in [1.807, 2.05) is 13.8 Å². The second kappa shape index (κ2) is 5.41. The highest BCUT2D eigenvalue weighted by molar-refractivity contribution is 6.08. The van der Waals surface area contributed by atoms with Gasteiger partial charge >= 0.3 is 11.9 Å². The van der Waals surface area contributed by atoms with E-state index >= 15 is 0 Å². The number of cyclic esters (lactones) is 2. The largest absolute Gasteiger partial charge is 0.391 e. The summed E-state index contributed by atoms with van der Waals surface area (Å²) in [6.07, 6.45) is 0.931. The van der Waals surface area contributed by atoms with Gasteiger partial charge in [-0.3, -0.25) is 4.79 Å². The van der Waals surface area contributed by atoms with Crippen molar-refractivity contribution in [2.45, 2.75) is 44.9 Å². The van der Waals surface area contributed by atoms with E-state index in [-0.39, 0.29) is 12.0 Å². The first kappa shape index (κ1) is 12.4. The van der Waals surface area contributed by atoms with Gasteiger partial charge in [0.25, 0.3) is 0 Å². The van der Waals surface area contributed by atoms with Crippen molar-refractivity contribution >= 4 is 22.2 Å². The van der Waals surface area contributed by atoms with Gasteiger partial charge in [-0.2, -0.15) is 0 Å². The molecule has 15 heavy (non-hydrogen) atoms. The maximum absolute atomic E-state index is 11.4. The molecule has 1 rings (SSSR count). The summed E-state index contributed by atoms with van der Waals surface area (Å²) in [5.41, 5.74) is 0. The van der Waals surface area contributed by atoms with Gasteiger partial charge in [-0.1, -0.05) is 12.5 Å². The zero-order valence-corrected chi connectivity index (χ0v) is 11.5. The fourth-order valence-corrected chi connectivity index (χ4v) is 2.07. The summed E-state index contributed by atoms with van der Waals surface area (Å²) in [5, 5.41) is 0. The molecule has 2 atom stereocenters. The van der Waals surface area contributed by atoms with Gasteiger partial charge in [-0.05, 0) is 20.3 Å². The fourth-order valence-electron chi connectivity index (χ4n) is 1.66. The third-order valence-electron chi connectivity index (χ3n) is 2.39. The Morgan fingerprint density at radius 1 is 1.40 bits per heavy atom. The molecule has 1 heterocycles. The summed E-state index contributed by atoms with van der Waals surface area (Å²) in [6.45, 7) is 3.69. The van der Waals surface area contributed by atoms with Gasteiger partial charge in [0, 0.05) is 10.2 Å². The first-order valence-electron chi connectivity index (χ1n) is 5.47. The van der Waals surface area contributed by atoms with Crippen LogP contribution >= 0.6 is 0 Å². The topological polar surface area (TPSA) is 52.6 Å². The summed E-state index contributed by atoms with van der Waals surface area (Å²) in [4.78, 5) is 22.7.